The molecule has 200 valence electrons. The van der Waals surface area contributed by atoms with Crippen LogP contribution in [0.4, 0.5) is 5.69 Å². The predicted octanol–water partition coefficient (Wildman–Crippen LogP) is 2.42. The summed E-state index contributed by atoms with van der Waals surface area (Å²) in [5.41, 5.74) is -0.0451. The number of nitrogens with one attached hydrogen (secondary N) is 2. The lowest BCUT2D eigenvalue weighted by Crippen LogP contribution is -2.53. The largest absolute Gasteiger partial charge is 0.385 e. The smallest absolute Gasteiger partial charge is 0.257 e. The van der Waals surface area contributed by atoms with Gasteiger partial charge in [0, 0.05) is 45.0 Å². The zero-order chi connectivity index (χ0) is 26.9. The number of nitrogens with zero attached hydrogens (tertiary/aromatic N) is 1. The Labute approximate surface area is 213 Å². The molecular formula is C26H39N3O7. The normalized spacial score (nSPS) is 16.4. The van der Waals surface area contributed by atoms with Crippen LogP contribution in [0.2, 0.25) is 0 Å². The number of hydrogen-bond acceptors (Lipinski definition) is 8. The molecule has 1 fully saturated rings. The first kappa shape index (κ1) is 29.4. The standard InChI is InChI=1S/C26H39N3O7/c1-25(2,12-14-34-6)36-17-26(3,4)35-15-13-27-19-9-7-8-18(16-30)22(19)24(33)29(5)20-10-11-21(31)28-23(20)32/h7-9,16,20,27H,10-15,17H2,1-6H3,(H,28,31,32). The summed E-state index contributed by atoms with van der Waals surface area (Å²) in [7, 11) is 3.15. The number of rotatable bonds is 14. The maximum absolute atomic E-state index is 13.3. The molecule has 0 saturated carbocycles. The van der Waals surface area contributed by atoms with Gasteiger partial charge in [0.2, 0.25) is 11.8 Å². The van der Waals surface area contributed by atoms with Crippen LogP contribution in [-0.2, 0) is 23.8 Å². The molecule has 10 nitrogen and oxygen atoms in total. The molecule has 1 aromatic carbocycles. The first-order chi connectivity index (χ1) is 16.9. The Kier molecular flexibility index (Phi) is 10.6. The number of methoxy groups -OCH3 is 1. The molecule has 10 heteroatoms. The first-order valence-electron chi connectivity index (χ1n) is 12.1. The van der Waals surface area contributed by atoms with E-state index < -0.39 is 23.5 Å². The molecule has 1 heterocycles. The number of likely N-dealkylation sites (N-methyl/N-ethyl adjacent to an activating group) is 1. The quantitative estimate of drug-likeness (QED) is 0.225. The highest BCUT2D eigenvalue weighted by Gasteiger charge is 2.34. The second-order valence-corrected chi connectivity index (χ2v) is 10.1. The Bertz CT molecular complexity index is 945. The van der Waals surface area contributed by atoms with Crippen molar-refractivity contribution in [1.29, 1.82) is 0 Å². The lowest BCUT2D eigenvalue weighted by molar-refractivity contribution is -0.136. The van der Waals surface area contributed by atoms with Crippen LogP contribution < -0.4 is 10.6 Å². The molecule has 1 aliphatic rings. The number of ether oxygens (including phenoxy) is 3. The Morgan fingerprint density at radius 2 is 1.89 bits per heavy atom. The highest BCUT2D eigenvalue weighted by molar-refractivity contribution is 6.08. The van der Waals surface area contributed by atoms with Crippen LogP contribution in [0.15, 0.2) is 18.2 Å². The maximum Gasteiger partial charge on any atom is 0.257 e. The molecule has 0 radical (unpaired) electrons. The summed E-state index contributed by atoms with van der Waals surface area (Å²) >= 11 is 0. The van der Waals surface area contributed by atoms with Gasteiger partial charge in [-0.05, 0) is 46.6 Å². The highest BCUT2D eigenvalue weighted by atomic mass is 16.6. The molecule has 1 aliphatic heterocycles. The topological polar surface area (TPSA) is 123 Å². The van der Waals surface area contributed by atoms with E-state index in [0.717, 1.165) is 6.42 Å². The summed E-state index contributed by atoms with van der Waals surface area (Å²) in [5.74, 6) is -1.37. The van der Waals surface area contributed by atoms with Crippen molar-refractivity contribution in [2.24, 2.45) is 0 Å². The van der Waals surface area contributed by atoms with E-state index in [4.69, 9.17) is 14.2 Å². The van der Waals surface area contributed by atoms with Gasteiger partial charge in [-0.2, -0.15) is 0 Å². The molecule has 2 rings (SSSR count). The van der Waals surface area contributed by atoms with Crippen LogP contribution in [0, 0.1) is 0 Å². The van der Waals surface area contributed by atoms with Gasteiger partial charge in [-0.1, -0.05) is 12.1 Å². The van der Waals surface area contributed by atoms with Gasteiger partial charge in [0.15, 0.2) is 6.29 Å². The van der Waals surface area contributed by atoms with Crippen LogP contribution >= 0.6 is 0 Å². The molecule has 1 atom stereocenters. The summed E-state index contributed by atoms with van der Waals surface area (Å²) in [6, 6.07) is 4.13. The second-order valence-electron chi connectivity index (χ2n) is 10.1. The van der Waals surface area contributed by atoms with Gasteiger partial charge in [-0.15, -0.1) is 0 Å². The third-order valence-corrected chi connectivity index (χ3v) is 6.06. The third kappa shape index (κ3) is 8.39. The van der Waals surface area contributed by atoms with Gasteiger partial charge in [0.1, 0.15) is 6.04 Å². The number of aldehydes is 1. The number of anilines is 1. The van der Waals surface area contributed by atoms with Crippen LogP contribution in [0.1, 0.15) is 67.7 Å². The Morgan fingerprint density at radius 1 is 1.17 bits per heavy atom. The van der Waals surface area contributed by atoms with Crippen molar-refractivity contribution < 1.29 is 33.4 Å². The number of carbonyl (C=O) groups excluding carboxylic acids is 4. The van der Waals surface area contributed by atoms with E-state index in [1.165, 1.54) is 11.9 Å². The van der Waals surface area contributed by atoms with E-state index in [9.17, 15) is 19.2 Å². The summed E-state index contributed by atoms with van der Waals surface area (Å²) < 4.78 is 17.2. The SMILES string of the molecule is COCCC(C)(C)OCC(C)(C)OCCNc1cccc(C=O)c1C(=O)N(C)C1CCC(=O)NC1=O. The molecule has 0 spiro atoms. The number of hydrogen-bond donors (Lipinski definition) is 2. The Balaban J connectivity index is 2.01. The van der Waals surface area contributed by atoms with E-state index in [0.29, 0.717) is 38.3 Å². The van der Waals surface area contributed by atoms with Gasteiger partial charge in [-0.25, -0.2) is 0 Å². The average Bonchev–Trinajstić information content (AvgIpc) is 2.83. The minimum atomic E-state index is -0.792. The highest BCUT2D eigenvalue weighted by Crippen LogP contribution is 2.24. The number of imide groups is 1. The zero-order valence-corrected chi connectivity index (χ0v) is 22.1. The minimum Gasteiger partial charge on any atom is -0.385 e. The van der Waals surface area contributed by atoms with Crippen molar-refractivity contribution in [2.45, 2.75) is 64.2 Å². The van der Waals surface area contributed by atoms with E-state index >= 15 is 0 Å². The predicted molar refractivity (Wildman–Crippen MR) is 135 cm³/mol. The number of benzene rings is 1. The summed E-state index contributed by atoms with van der Waals surface area (Å²) in [6.07, 6.45) is 1.75. The maximum atomic E-state index is 13.3. The second kappa shape index (κ2) is 12.9. The van der Waals surface area contributed by atoms with Gasteiger partial charge in [-0.3, -0.25) is 24.5 Å². The molecule has 3 amide bonds. The van der Waals surface area contributed by atoms with Crippen molar-refractivity contribution in [3.05, 3.63) is 29.3 Å². The Hall–Kier alpha value is -2.82. The lowest BCUT2D eigenvalue weighted by Gasteiger charge is -2.32. The lowest BCUT2D eigenvalue weighted by atomic mass is 10.0. The van der Waals surface area contributed by atoms with Crippen molar-refractivity contribution in [3.8, 4) is 0 Å². The molecule has 1 aromatic rings. The molecule has 2 N–H and O–H groups in total. The summed E-state index contributed by atoms with van der Waals surface area (Å²) in [6.45, 7) is 9.61. The van der Waals surface area contributed by atoms with Gasteiger partial charge < -0.3 is 24.4 Å². The number of carbonyl (C=O) groups is 4. The molecule has 36 heavy (non-hydrogen) atoms. The van der Waals surface area contributed by atoms with Crippen molar-refractivity contribution in [2.75, 3.05) is 45.8 Å². The molecule has 1 unspecified atom stereocenters. The van der Waals surface area contributed by atoms with Gasteiger partial charge >= 0.3 is 0 Å². The molecule has 0 aliphatic carbocycles. The van der Waals surface area contributed by atoms with Crippen molar-refractivity contribution >= 4 is 29.7 Å². The average molecular weight is 506 g/mol. The van der Waals surface area contributed by atoms with Crippen LogP contribution in [0.25, 0.3) is 0 Å². The summed E-state index contributed by atoms with van der Waals surface area (Å²) in [4.78, 5) is 50.0. The van der Waals surface area contributed by atoms with E-state index in [-0.39, 0.29) is 35.5 Å². The van der Waals surface area contributed by atoms with Crippen LogP contribution in [0.5, 0.6) is 0 Å². The minimum absolute atomic E-state index is 0.148. The molecule has 0 bridgehead atoms. The Morgan fingerprint density at radius 3 is 2.53 bits per heavy atom. The molecule has 1 saturated heterocycles. The van der Waals surface area contributed by atoms with E-state index in [1.807, 2.05) is 27.7 Å². The van der Waals surface area contributed by atoms with Gasteiger partial charge in [0.05, 0.1) is 30.0 Å². The van der Waals surface area contributed by atoms with E-state index in [2.05, 4.69) is 10.6 Å². The monoisotopic (exact) mass is 505 g/mol. The summed E-state index contributed by atoms with van der Waals surface area (Å²) in [5, 5.41) is 5.43. The zero-order valence-electron chi connectivity index (χ0n) is 22.1. The van der Waals surface area contributed by atoms with Crippen molar-refractivity contribution in [1.82, 2.24) is 10.2 Å². The van der Waals surface area contributed by atoms with Crippen molar-refractivity contribution in [3.63, 3.8) is 0 Å². The number of amides is 3. The van der Waals surface area contributed by atoms with Gasteiger partial charge in [0.25, 0.3) is 5.91 Å². The molecule has 0 aromatic heterocycles. The number of piperidine rings is 1. The third-order valence-electron chi connectivity index (χ3n) is 6.06. The van der Waals surface area contributed by atoms with E-state index in [1.54, 1.807) is 25.3 Å². The fraction of sp³-hybridized carbons (Fsp3) is 0.615. The fourth-order valence-electron chi connectivity index (χ4n) is 3.77. The van der Waals surface area contributed by atoms with Crippen LogP contribution in [0.3, 0.4) is 0 Å². The molecular weight excluding hydrogens is 466 g/mol. The van der Waals surface area contributed by atoms with Crippen LogP contribution in [-0.4, -0.2) is 86.7 Å². The first-order valence-corrected chi connectivity index (χ1v) is 12.1. The fourth-order valence-corrected chi connectivity index (χ4v) is 3.77.